The Morgan fingerprint density at radius 1 is 1.23 bits per heavy atom. The number of nitrogens with zero attached hydrogens (tertiary/aromatic N) is 2. The van der Waals surface area contributed by atoms with Crippen LogP contribution in [0.4, 0.5) is 0 Å². The number of rotatable bonds is 5. The van der Waals surface area contributed by atoms with Gasteiger partial charge in [-0.25, -0.2) is 4.98 Å². The second-order valence-electron chi connectivity index (χ2n) is 7.03. The van der Waals surface area contributed by atoms with Crippen LogP contribution < -0.4 is 0 Å². The number of aliphatic hydroxyl groups excluding tert-OH is 1. The zero-order valence-electron chi connectivity index (χ0n) is 15.1. The van der Waals surface area contributed by atoms with Gasteiger partial charge in [-0.1, -0.05) is 6.07 Å². The maximum atomic E-state index is 10.6. The normalized spacial score (nSPS) is 17.7. The molecule has 0 saturated carbocycles. The molecule has 0 bridgehead atoms. The summed E-state index contributed by atoms with van der Waals surface area (Å²) in [6.07, 6.45) is 1.72. The molecule has 26 heavy (non-hydrogen) atoms. The van der Waals surface area contributed by atoms with Crippen LogP contribution in [0.3, 0.4) is 0 Å². The molecular formula is C20H24N2O2S2. The SMILES string of the molecule is Cc1ccsc1-c1nc(CN2CCC([C@H](O)c3cccs3)CC2)c(C)o1. The Hall–Kier alpha value is -1.47. The number of aryl methyl sites for hydroxylation is 2. The van der Waals surface area contributed by atoms with Crippen LogP contribution in [0.1, 0.15) is 40.8 Å². The first kappa shape index (κ1) is 17.9. The standard InChI is InChI=1S/C20H24N2O2S2/c1-13-7-11-26-19(13)20-21-16(14(2)24-20)12-22-8-5-15(6-9-22)18(23)17-4-3-10-25-17/h3-4,7,10-11,15,18,23H,5-6,8-9,12H2,1-2H3/t18-/m0/s1. The van der Waals surface area contributed by atoms with E-state index in [2.05, 4.69) is 23.3 Å². The van der Waals surface area contributed by atoms with Crippen molar-refractivity contribution in [2.45, 2.75) is 39.3 Å². The monoisotopic (exact) mass is 388 g/mol. The van der Waals surface area contributed by atoms with Gasteiger partial charge in [0, 0.05) is 11.4 Å². The molecule has 1 fully saturated rings. The summed E-state index contributed by atoms with van der Waals surface area (Å²) in [7, 11) is 0. The number of piperidine rings is 1. The van der Waals surface area contributed by atoms with E-state index >= 15 is 0 Å². The Balaban J connectivity index is 1.38. The summed E-state index contributed by atoms with van der Waals surface area (Å²) in [5, 5.41) is 14.7. The summed E-state index contributed by atoms with van der Waals surface area (Å²) in [6.45, 7) is 6.90. The molecule has 0 radical (unpaired) electrons. The molecule has 1 saturated heterocycles. The van der Waals surface area contributed by atoms with E-state index < -0.39 is 0 Å². The Labute approximate surface area is 162 Å². The van der Waals surface area contributed by atoms with Crippen LogP contribution in [-0.4, -0.2) is 28.1 Å². The number of aliphatic hydroxyl groups is 1. The highest BCUT2D eigenvalue weighted by atomic mass is 32.1. The Bertz CT molecular complexity index is 845. The Morgan fingerprint density at radius 2 is 2.04 bits per heavy atom. The molecule has 1 aliphatic rings. The van der Waals surface area contributed by atoms with Gasteiger partial charge < -0.3 is 9.52 Å². The van der Waals surface area contributed by atoms with E-state index in [1.807, 2.05) is 24.4 Å². The van der Waals surface area contributed by atoms with Crippen LogP contribution in [0.5, 0.6) is 0 Å². The average Bonchev–Trinajstić information content (AvgIpc) is 3.37. The zero-order valence-corrected chi connectivity index (χ0v) is 16.8. The lowest BCUT2D eigenvalue weighted by Crippen LogP contribution is -2.35. The molecule has 1 aliphatic heterocycles. The molecule has 0 amide bonds. The number of likely N-dealkylation sites (tertiary alicyclic amines) is 1. The molecule has 4 heterocycles. The predicted molar refractivity (Wildman–Crippen MR) is 107 cm³/mol. The Kier molecular flexibility index (Phi) is 5.27. The number of hydrogen-bond acceptors (Lipinski definition) is 6. The fraction of sp³-hybridized carbons (Fsp3) is 0.450. The van der Waals surface area contributed by atoms with Gasteiger partial charge in [-0.3, -0.25) is 4.90 Å². The second-order valence-corrected chi connectivity index (χ2v) is 8.92. The topological polar surface area (TPSA) is 49.5 Å². The maximum absolute atomic E-state index is 10.6. The van der Waals surface area contributed by atoms with Crippen molar-refractivity contribution in [1.29, 1.82) is 0 Å². The smallest absolute Gasteiger partial charge is 0.237 e. The molecule has 4 nitrogen and oxygen atoms in total. The average molecular weight is 389 g/mol. The largest absolute Gasteiger partial charge is 0.440 e. The van der Waals surface area contributed by atoms with Gasteiger partial charge in [-0.2, -0.15) is 0 Å². The molecule has 4 rings (SSSR count). The molecule has 1 atom stereocenters. The van der Waals surface area contributed by atoms with Gasteiger partial charge in [0.2, 0.25) is 5.89 Å². The molecule has 0 aliphatic carbocycles. The molecule has 0 aromatic carbocycles. The fourth-order valence-corrected chi connectivity index (χ4v) is 5.25. The van der Waals surface area contributed by atoms with E-state index in [1.54, 1.807) is 22.7 Å². The third-order valence-corrected chi connectivity index (χ3v) is 7.18. The van der Waals surface area contributed by atoms with E-state index in [0.29, 0.717) is 5.92 Å². The summed E-state index contributed by atoms with van der Waals surface area (Å²) in [5.41, 5.74) is 2.25. The molecule has 0 spiro atoms. The van der Waals surface area contributed by atoms with Gasteiger partial charge in [-0.15, -0.1) is 22.7 Å². The van der Waals surface area contributed by atoms with E-state index in [4.69, 9.17) is 9.40 Å². The third kappa shape index (κ3) is 3.64. The molecule has 3 aromatic rings. The molecule has 1 N–H and O–H groups in total. The van der Waals surface area contributed by atoms with E-state index in [0.717, 1.165) is 59.6 Å². The van der Waals surface area contributed by atoms with Gasteiger partial charge in [-0.05, 0) is 74.2 Å². The van der Waals surface area contributed by atoms with E-state index in [1.165, 1.54) is 5.56 Å². The molecule has 138 valence electrons. The number of aromatic nitrogens is 1. The Morgan fingerprint density at radius 3 is 2.69 bits per heavy atom. The molecule has 0 unspecified atom stereocenters. The summed E-state index contributed by atoms with van der Waals surface area (Å²) in [4.78, 5) is 9.39. The van der Waals surface area contributed by atoms with Gasteiger partial charge in [0.1, 0.15) is 5.76 Å². The van der Waals surface area contributed by atoms with Gasteiger partial charge in [0.05, 0.1) is 16.7 Å². The minimum absolute atomic E-state index is 0.320. The van der Waals surface area contributed by atoms with Crippen molar-refractivity contribution in [3.8, 4) is 10.8 Å². The molecule has 3 aromatic heterocycles. The highest BCUT2D eigenvalue weighted by Gasteiger charge is 2.27. The quantitative estimate of drug-likeness (QED) is 0.666. The van der Waals surface area contributed by atoms with E-state index in [-0.39, 0.29) is 6.10 Å². The summed E-state index contributed by atoms with van der Waals surface area (Å²) in [5.74, 6) is 2.01. The van der Waals surface area contributed by atoms with Crippen LogP contribution in [0, 0.1) is 19.8 Å². The minimum Gasteiger partial charge on any atom is -0.440 e. The lowest BCUT2D eigenvalue weighted by Gasteiger charge is -2.33. The third-order valence-electron chi connectivity index (χ3n) is 5.24. The van der Waals surface area contributed by atoms with Crippen molar-refractivity contribution in [1.82, 2.24) is 9.88 Å². The zero-order chi connectivity index (χ0) is 18.1. The van der Waals surface area contributed by atoms with Crippen molar-refractivity contribution >= 4 is 22.7 Å². The first-order chi connectivity index (χ1) is 12.6. The van der Waals surface area contributed by atoms with Crippen molar-refractivity contribution < 1.29 is 9.52 Å². The maximum Gasteiger partial charge on any atom is 0.237 e. The van der Waals surface area contributed by atoms with Crippen LogP contribution in [0.15, 0.2) is 33.4 Å². The van der Waals surface area contributed by atoms with Crippen molar-refractivity contribution in [3.05, 3.63) is 50.9 Å². The first-order valence-electron chi connectivity index (χ1n) is 9.06. The van der Waals surface area contributed by atoms with Crippen LogP contribution in [0.25, 0.3) is 10.8 Å². The highest BCUT2D eigenvalue weighted by molar-refractivity contribution is 7.13. The lowest BCUT2D eigenvalue weighted by atomic mass is 9.90. The lowest BCUT2D eigenvalue weighted by molar-refractivity contribution is 0.0586. The fourth-order valence-electron chi connectivity index (χ4n) is 3.59. The van der Waals surface area contributed by atoms with Crippen LogP contribution in [-0.2, 0) is 6.54 Å². The first-order valence-corrected chi connectivity index (χ1v) is 10.8. The van der Waals surface area contributed by atoms with Crippen LogP contribution >= 0.6 is 22.7 Å². The van der Waals surface area contributed by atoms with E-state index in [9.17, 15) is 5.11 Å². The summed E-state index contributed by atoms with van der Waals surface area (Å²) in [6, 6.07) is 6.15. The van der Waals surface area contributed by atoms with Gasteiger partial charge in [0.25, 0.3) is 0 Å². The minimum atomic E-state index is -0.320. The van der Waals surface area contributed by atoms with Crippen molar-refractivity contribution in [2.75, 3.05) is 13.1 Å². The molecule has 6 heteroatoms. The summed E-state index contributed by atoms with van der Waals surface area (Å²) < 4.78 is 5.92. The van der Waals surface area contributed by atoms with Crippen molar-refractivity contribution in [2.24, 2.45) is 5.92 Å². The number of thiophene rings is 2. The molecular weight excluding hydrogens is 364 g/mol. The van der Waals surface area contributed by atoms with Gasteiger partial charge >= 0.3 is 0 Å². The second kappa shape index (κ2) is 7.64. The number of hydrogen-bond donors (Lipinski definition) is 1. The van der Waals surface area contributed by atoms with Crippen LogP contribution in [0.2, 0.25) is 0 Å². The summed E-state index contributed by atoms with van der Waals surface area (Å²) >= 11 is 3.32. The van der Waals surface area contributed by atoms with Crippen molar-refractivity contribution in [3.63, 3.8) is 0 Å². The number of oxazole rings is 1. The predicted octanol–water partition coefficient (Wildman–Crippen LogP) is 5.03. The van der Waals surface area contributed by atoms with Gasteiger partial charge in [0.15, 0.2) is 0 Å². The highest BCUT2D eigenvalue weighted by Crippen LogP contribution is 2.34.